The molecule has 0 unspecified atom stereocenters. The quantitative estimate of drug-likeness (QED) is 0.729. The molecule has 0 aliphatic rings. The number of para-hydroxylation sites is 2. The first-order chi connectivity index (χ1) is 11.6. The molecule has 0 atom stereocenters. The normalized spacial score (nSPS) is 10.5. The number of pyridine rings is 1. The van der Waals surface area contributed by atoms with Crippen molar-refractivity contribution in [3.63, 3.8) is 0 Å². The van der Waals surface area contributed by atoms with Crippen LogP contribution in [0.15, 0.2) is 42.6 Å². The van der Waals surface area contributed by atoms with E-state index in [1.807, 2.05) is 38.1 Å². The minimum atomic E-state index is -0.234. The highest BCUT2D eigenvalue weighted by molar-refractivity contribution is 5.93. The van der Waals surface area contributed by atoms with Crippen LogP contribution in [0, 0.1) is 0 Å². The molecule has 0 fully saturated rings. The number of hydrogen-bond donors (Lipinski definition) is 2. The van der Waals surface area contributed by atoms with Crippen LogP contribution < -0.4 is 15.4 Å². The molecule has 0 saturated carbocycles. The van der Waals surface area contributed by atoms with E-state index in [2.05, 4.69) is 15.6 Å². The lowest BCUT2D eigenvalue weighted by molar-refractivity contribution is 0.0932. The Labute approximate surface area is 142 Å². The summed E-state index contributed by atoms with van der Waals surface area (Å²) in [5, 5.41) is 6.02. The van der Waals surface area contributed by atoms with E-state index in [1.165, 1.54) is 0 Å². The largest absolute Gasteiger partial charge is 0.489 e. The Morgan fingerprint density at radius 3 is 2.79 bits per heavy atom. The molecule has 0 bridgehead atoms. The highest BCUT2D eigenvalue weighted by Crippen LogP contribution is 2.28. The van der Waals surface area contributed by atoms with Gasteiger partial charge in [0.2, 0.25) is 0 Å². The second kappa shape index (κ2) is 8.88. The van der Waals surface area contributed by atoms with E-state index in [-0.39, 0.29) is 12.0 Å². The summed E-state index contributed by atoms with van der Waals surface area (Å²) in [7, 11) is 1.59. The Morgan fingerprint density at radius 2 is 2.04 bits per heavy atom. The first-order valence-corrected chi connectivity index (χ1v) is 7.86. The summed E-state index contributed by atoms with van der Waals surface area (Å²) in [6.07, 6.45) is 1.67. The van der Waals surface area contributed by atoms with E-state index < -0.39 is 0 Å². The predicted molar refractivity (Wildman–Crippen MR) is 93.9 cm³/mol. The molecule has 1 aromatic heterocycles. The summed E-state index contributed by atoms with van der Waals surface area (Å²) in [6.45, 7) is 4.86. The molecule has 2 rings (SSSR count). The number of rotatable bonds is 8. The van der Waals surface area contributed by atoms with Gasteiger partial charge in [-0.1, -0.05) is 12.1 Å². The van der Waals surface area contributed by atoms with Crippen molar-refractivity contribution >= 4 is 17.3 Å². The zero-order valence-corrected chi connectivity index (χ0v) is 14.2. The highest BCUT2D eigenvalue weighted by Gasteiger charge is 2.09. The molecule has 0 radical (unpaired) electrons. The van der Waals surface area contributed by atoms with Crippen molar-refractivity contribution in [2.24, 2.45) is 0 Å². The Balaban J connectivity index is 2.11. The number of nitrogens with zero attached hydrogens (tertiary/aromatic N) is 1. The Kier molecular flexibility index (Phi) is 6.57. The summed E-state index contributed by atoms with van der Waals surface area (Å²) in [5.74, 6) is 0.526. The maximum Gasteiger partial charge on any atom is 0.270 e. The van der Waals surface area contributed by atoms with Crippen molar-refractivity contribution in [3.05, 3.63) is 48.3 Å². The first-order valence-electron chi connectivity index (χ1n) is 7.86. The molecule has 6 nitrogen and oxygen atoms in total. The summed E-state index contributed by atoms with van der Waals surface area (Å²) in [5.41, 5.74) is 1.95. The van der Waals surface area contributed by atoms with Gasteiger partial charge in [0.05, 0.1) is 18.4 Å². The molecule has 2 aromatic rings. The molecule has 24 heavy (non-hydrogen) atoms. The molecule has 1 heterocycles. The summed E-state index contributed by atoms with van der Waals surface area (Å²) in [4.78, 5) is 16.2. The average Bonchev–Trinajstić information content (AvgIpc) is 2.56. The van der Waals surface area contributed by atoms with Crippen LogP contribution in [0.3, 0.4) is 0 Å². The maximum atomic E-state index is 12.1. The average molecular weight is 329 g/mol. The number of amides is 1. The van der Waals surface area contributed by atoms with Crippen LogP contribution in [0.2, 0.25) is 0 Å². The zero-order chi connectivity index (χ0) is 17.4. The topological polar surface area (TPSA) is 72.5 Å². The van der Waals surface area contributed by atoms with Gasteiger partial charge in [-0.25, -0.2) is 0 Å². The summed E-state index contributed by atoms with van der Waals surface area (Å²) >= 11 is 0. The lowest BCUT2D eigenvalue weighted by Crippen LogP contribution is -2.27. The number of aromatic nitrogens is 1. The van der Waals surface area contributed by atoms with E-state index >= 15 is 0 Å². The fourth-order valence-corrected chi connectivity index (χ4v) is 2.07. The van der Waals surface area contributed by atoms with Crippen molar-refractivity contribution < 1.29 is 14.3 Å². The summed E-state index contributed by atoms with van der Waals surface area (Å²) in [6, 6.07) is 11.2. The van der Waals surface area contributed by atoms with Crippen molar-refractivity contribution in [2.45, 2.75) is 20.0 Å². The highest BCUT2D eigenvalue weighted by atomic mass is 16.5. The monoisotopic (exact) mass is 329 g/mol. The smallest absolute Gasteiger partial charge is 0.270 e. The maximum absolute atomic E-state index is 12.1. The molecular formula is C18H23N3O3. The van der Waals surface area contributed by atoms with Crippen LogP contribution >= 0.6 is 0 Å². The third-order valence-corrected chi connectivity index (χ3v) is 3.11. The second-order valence-corrected chi connectivity index (χ2v) is 5.47. The van der Waals surface area contributed by atoms with E-state index in [0.717, 1.165) is 17.1 Å². The lowest BCUT2D eigenvalue weighted by atomic mass is 10.2. The van der Waals surface area contributed by atoms with Gasteiger partial charge in [0, 0.05) is 25.5 Å². The Morgan fingerprint density at radius 1 is 1.25 bits per heavy atom. The van der Waals surface area contributed by atoms with E-state index in [1.54, 1.807) is 25.4 Å². The van der Waals surface area contributed by atoms with Gasteiger partial charge in [-0.15, -0.1) is 0 Å². The third kappa shape index (κ3) is 5.24. The molecule has 6 heteroatoms. The number of anilines is 2. The molecule has 128 valence electrons. The second-order valence-electron chi connectivity index (χ2n) is 5.47. The van der Waals surface area contributed by atoms with Gasteiger partial charge in [0.1, 0.15) is 11.4 Å². The molecule has 1 amide bonds. The number of nitrogens with one attached hydrogen (secondary N) is 2. The number of carbonyl (C=O) groups excluding carboxylic acids is 1. The van der Waals surface area contributed by atoms with Gasteiger partial charge in [-0.3, -0.25) is 9.78 Å². The summed E-state index contributed by atoms with van der Waals surface area (Å²) < 4.78 is 10.7. The molecule has 0 saturated heterocycles. The number of methoxy groups -OCH3 is 1. The Hall–Kier alpha value is -2.60. The molecule has 0 aliphatic carbocycles. The van der Waals surface area contributed by atoms with Crippen molar-refractivity contribution in [1.82, 2.24) is 10.3 Å². The van der Waals surface area contributed by atoms with Gasteiger partial charge in [0.25, 0.3) is 5.91 Å². The van der Waals surface area contributed by atoms with Crippen molar-refractivity contribution in [1.29, 1.82) is 0 Å². The van der Waals surface area contributed by atoms with E-state index in [4.69, 9.17) is 9.47 Å². The van der Waals surface area contributed by atoms with Crippen molar-refractivity contribution in [3.8, 4) is 5.75 Å². The number of ether oxygens (including phenoxy) is 2. The van der Waals surface area contributed by atoms with Crippen LogP contribution in [0.1, 0.15) is 24.3 Å². The molecule has 2 N–H and O–H groups in total. The van der Waals surface area contributed by atoms with E-state index in [9.17, 15) is 4.79 Å². The first kappa shape index (κ1) is 17.7. The van der Waals surface area contributed by atoms with Gasteiger partial charge >= 0.3 is 0 Å². The lowest BCUT2D eigenvalue weighted by Gasteiger charge is -2.15. The fraction of sp³-hybridized carbons (Fsp3) is 0.333. The molecular weight excluding hydrogens is 306 g/mol. The van der Waals surface area contributed by atoms with Crippen molar-refractivity contribution in [2.75, 3.05) is 25.6 Å². The van der Waals surface area contributed by atoms with Gasteiger partial charge in [-0.05, 0) is 38.1 Å². The number of benzene rings is 1. The SMILES string of the molecule is COCCNC(=O)c1cc(Nc2ccccc2OC(C)C)ccn1. The van der Waals surface area contributed by atoms with Crippen LogP contribution in [0.4, 0.5) is 11.4 Å². The Bertz CT molecular complexity index is 674. The van der Waals surface area contributed by atoms with Gasteiger partial charge in [0.15, 0.2) is 0 Å². The molecule has 1 aromatic carbocycles. The van der Waals surface area contributed by atoms with E-state index in [0.29, 0.717) is 18.8 Å². The zero-order valence-electron chi connectivity index (χ0n) is 14.2. The number of carbonyl (C=O) groups is 1. The van der Waals surface area contributed by atoms with Crippen LogP contribution in [0.5, 0.6) is 5.75 Å². The van der Waals surface area contributed by atoms with Gasteiger partial charge in [-0.2, -0.15) is 0 Å². The fourth-order valence-electron chi connectivity index (χ4n) is 2.07. The number of hydrogen-bond acceptors (Lipinski definition) is 5. The predicted octanol–water partition coefficient (Wildman–Crippen LogP) is 2.99. The van der Waals surface area contributed by atoms with Crippen LogP contribution in [-0.4, -0.2) is 37.3 Å². The standard InChI is InChI=1S/C18H23N3O3/c1-13(2)24-17-7-5-4-6-15(17)21-14-8-9-19-16(12-14)18(22)20-10-11-23-3/h4-9,12-13H,10-11H2,1-3H3,(H,19,21)(H,20,22). The minimum Gasteiger partial charge on any atom is -0.489 e. The molecule has 0 spiro atoms. The minimum absolute atomic E-state index is 0.0764. The third-order valence-electron chi connectivity index (χ3n) is 3.11. The van der Waals surface area contributed by atoms with Gasteiger partial charge < -0.3 is 20.1 Å². The van der Waals surface area contributed by atoms with Crippen LogP contribution in [-0.2, 0) is 4.74 Å². The molecule has 0 aliphatic heterocycles. The van der Waals surface area contributed by atoms with Crippen LogP contribution in [0.25, 0.3) is 0 Å².